The number of rotatable bonds is 4. The number of carbonyl (C=O) groups excluding carboxylic acids is 1. The molecule has 0 fully saturated rings. The van der Waals surface area contributed by atoms with E-state index in [1.165, 1.54) is 6.20 Å². The van der Waals surface area contributed by atoms with Crippen molar-refractivity contribution in [2.24, 2.45) is 0 Å². The lowest BCUT2D eigenvalue weighted by molar-refractivity contribution is 0.0949. The number of nitrogens with zero attached hydrogens (tertiary/aromatic N) is 2. The number of benzene rings is 3. The van der Waals surface area contributed by atoms with Crippen LogP contribution >= 0.6 is 0 Å². The van der Waals surface area contributed by atoms with Gasteiger partial charge in [0.1, 0.15) is 16.9 Å². The summed E-state index contributed by atoms with van der Waals surface area (Å²) in [5, 5.41) is 5.13. The molecule has 5 rings (SSSR count). The van der Waals surface area contributed by atoms with E-state index in [1.54, 1.807) is 0 Å². The second-order valence-corrected chi connectivity index (χ2v) is 6.68. The monoisotopic (exact) mass is 367 g/mol. The summed E-state index contributed by atoms with van der Waals surface area (Å²) in [6, 6.07) is 21.7. The van der Waals surface area contributed by atoms with Crippen molar-refractivity contribution >= 4 is 38.9 Å². The van der Waals surface area contributed by atoms with E-state index in [2.05, 4.69) is 27.4 Å². The number of fused-ring (bicyclic) bond motifs is 4. The first-order chi connectivity index (χ1) is 13.8. The minimum Gasteiger partial charge on any atom is -0.456 e. The fourth-order valence-corrected chi connectivity index (χ4v) is 3.41. The van der Waals surface area contributed by atoms with Gasteiger partial charge >= 0.3 is 0 Å². The number of hydrogen-bond donors (Lipinski definition) is 1. The van der Waals surface area contributed by atoms with Gasteiger partial charge < -0.3 is 9.73 Å². The first kappa shape index (κ1) is 16.4. The lowest BCUT2D eigenvalue weighted by atomic mass is 10.1. The summed E-state index contributed by atoms with van der Waals surface area (Å²) in [6.07, 6.45) is 2.24. The van der Waals surface area contributed by atoms with Crippen molar-refractivity contribution in [3.63, 3.8) is 0 Å². The highest BCUT2D eigenvalue weighted by molar-refractivity contribution is 6.05. The average Bonchev–Trinajstić information content (AvgIpc) is 3.11. The number of nitrogens with one attached hydrogen (secondary N) is 1. The van der Waals surface area contributed by atoms with Crippen LogP contribution in [-0.2, 0) is 6.42 Å². The van der Waals surface area contributed by atoms with Crippen molar-refractivity contribution in [3.05, 3.63) is 84.2 Å². The van der Waals surface area contributed by atoms with Crippen LogP contribution in [0.25, 0.3) is 33.0 Å². The lowest BCUT2D eigenvalue weighted by Gasteiger charge is -2.06. The summed E-state index contributed by atoms with van der Waals surface area (Å²) < 4.78 is 5.86. The number of carbonyl (C=O) groups is 1. The predicted octanol–water partition coefficient (Wildman–Crippen LogP) is 4.50. The fraction of sp³-hybridized carbons (Fsp3) is 0.0870. The van der Waals surface area contributed by atoms with Gasteiger partial charge in [-0.2, -0.15) is 0 Å². The third kappa shape index (κ3) is 2.97. The SMILES string of the molecule is O=C(NCCc1ccc2oc3ccccc3c2c1)c1cnc2ccccc2n1. The second-order valence-electron chi connectivity index (χ2n) is 6.68. The fourth-order valence-electron chi connectivity index (χ4n) is 3.41. The molecule has 0 radical (unpaired) electrons. The number of hydrogen-bond acceptors (Lipinski definition) is 4. The molecule has 5 heteroatoms. The van der Waals surface area contributed by atoms with Crippen molar-refractivity contribution in [2.45, 2.75) is 6.42 Å². The molecule has 0 aliphatic carbocycles. The van der Waals surface area contributed by atoms with Gasteiger partial charge in [-0.25, -0.2) is 4.98 Å². The van der Waals surface area contributed by atoms with Crippen LogP contribution in [0, 0.1) is 0 Å². The molecule has 0 saturated carbocycles. The van der Waals surface area contributed by atoms with Crippen LogP contribution in [0.2, 0.25) is 0 Å². The highest BCUT2D eigenvalue weighted by Crippen LogP contribution is 2.29. The van der Waals surface area contributed by atoms with Gasteiger partial charge in [-0.3, -0.25) is 9.78 Å². The quantitative estimate of drug-likeness (QED) is 0.508. The zero-order valence-electron chi connectivity index (χ0n) is 15.1. The number of para-hydroxylation sites is 3. The van der Waals surface area contributed by atoms with Crippen LogP contribution in [-0.4, -0.2) is 22.4 Å². The van der Waals surface area contributed by atoms with E-state index in [9.17, 15) is 4.79 Å². The Bertz CT molecular complexity index is 1320. The van der Waals surface area contributed by atoms with Gasteiger partial charge in [0.25, 0.3) is 5.91 Å². The van der Waals surface area contributed by atoms with Gasteiger partial charge in [-0.1, -0.05) is 36.4 Å². The maximum absolute atomic E-state index is 12.4. The van der Waals surface area contributed by atoms with Crippen molar-refractivity contribution in [1.29, 1.82) is 0 Å². The minimum atomic E-state index is -0.215. The molecule has 28 heavy (non-hydrogen) atoms. The van der Waals surface area contributed by atoms with Crippen LogP contribution in [0.15, 0.2) is 77.3 Å². The Labute approximate surface area is 161 Å². The summed E-state index contributed by atoms with van der Waals surface area (Å²) in [5.74, 6) is -0.215. The predicted molar refractivity (Wildman–Crippen MR) is 109 cm³/mol. The Hall–Kier alpha value is -3.73. The molecule has 0 atom stereocenters. The van der Waals surface area contributed by atoms with Gasteiger partial charge in [0.15, 0.2) is 0 Å². The molecular formula is C23H17N3O2. The third-order valence-corrected chi connectivity index (χ3v) is 4.82. The number of amides is 1. The Kier molecular flexibility index (Phi) is 3.98. The molecule has 136 valence electrons. The summed E-state index contributed by atoms with van der Waals surface area (Å²) in [6.45, 7) is 0.522. The van der Waals surface area contributed by atoms with E-state index in [4.69, 9.17) is 4.42 Å². The standard InChI is InChI=1S/C23H17N3O2/c27-23(20-14-25-18-6-2-3-7-19(18)26-20)24-12-11-15-9-10-22-17(13-15)16-5-1-4-8-21(16)28-22/h1-10,13-14H,11-12H2,(H,24,27). The van der Waals surface area contributed by atoms with Gasteiger partial charge in [0.2, 0.25) is 0 Å². The summed E-state index contributed by atoms with van der Waals surface area (Å²) >= 11 is 0. The number of aromatic nitrogens is 2. The summed E-state index contributed by atoms with van der Waals surface area (Å²) in [4.78, 5) is 21.1. The molecule has 3 aromatic carbocycles. The Morgan fingerprint density at radius 3 is 2.61 bits per heavy atom. The maximum Gasteiger partial charge on any atom is 0.271 e. The summed E-state index contributed by atoms with van der Waals surface area (Å²) in [7, 11) is 0. The van der Waals surface area contributed by atoms with Crippen LogP contribution in [0.5, 0.6) is 0 Å². The van der Waals surface area contributed by atoms with E-state index < -0.39 is 0 Å². The zero-order valence-corrected chi connectivity index (χ0v) is 15.1. The molecule has 5 aromatic rings. The van der Waals surface area contributed by atoms with E-state index in [0.717, 1.165) is 39.4 Å². The molecule has 0 spiro atoms. The van der Waals surface area contributed by atoms with Crippen molar-refractivity contribution in [2.75, 3.05) is 6.54 Å². The van der Waals surface area contributed by atoms with Crippen LogP contribution in [0.3, 0.4) is 0 Å². The molecule has 2 heterocycles. The van der Waals surface area contributed by atoms with Crippen molar-refractivity contribution in [1.82, 2.24) is 15.3 Å². The Morgan fingerprint density at radius 2 is 1.68 bits per heavy atom. The van der Waals surface area contributed by atoms with E-state index >= 15 is 0 Å². The van der Waals surface area contributed by atoms with Crippen LogP contribution < -0.4 is 5.32 Å². The molecule has 1 N–H and O–H groups in total. The third-order valence-electron chi connectivity index (χ3n) is 4.82. The van der Waals surface area contributed by atoms with E-state index in [0.29, 0.717) is 17.8 Å². The van der Waals surface area contributed by atoms with Crippen molar-refractivity contribution < 1.29 is 9.21 Å². The van der Waals surface area contributed by atoms with Gasteiger partial charge in [-0.15, -0.1) is 0 Å². The van der Waals surface area contributed by atoms with Gasteiger partial charge in [0, 0.05) is 17.3 Å². The van der Waals surface area contributed by atoms with Gasteiger partial charge in [-0.05, 0) is 42.3 Å². The first-order valence-corrected chi connectivity index (χ1v) is 9.18. The second kappa shape index (κ2) is 6.78. The first-order valence-electron chi connectivity index (χ1n) is 9.18. The molecule has 0 saturated heterocycles. The van der Waals surface area contributed by atoms with E-state index in [1.807, 2.05) is 54.6 Å². The van der Waals surface area contributed by atoms with E-state index in [-0.39, 0.29) is 5.91 Å². The number of furan rings is 1. The molecule has 0 aliphatic heterocycles. The average molecular weight is 367 g/mol. The molecule has 1 amide bonds. The highest BCUT2D eigenvalue weighted by Gasteiger charge is 2.10. The van der Waals surface area contributed by atoms with Crippen LogP contribution in [0.1, 0.15) is 16.1 Å². The molecule has 0 bridgehead atoms. The topological polar surface area (TPSA) is 68.0 Å². The largest absolute Gasteiger partial charge is 0.456 e. The molecular weight excluding hydrogens is 350 g/mol. The lowest BCUT2D eigenvalue weighted by Crippen LogP contribution is -2.26. The summed E-state index contributed by atoms with van der Waals surface area (Å²) in [5.41, 5.74) is 4.73. The molecule has 0 aliphatic rings. The highest BCUT2D eigenvalue weighted by atomic mass is 16.3. The minimum absolute atomic E-state index is 0.215. The van der Waals surface area contributed by atoms with Crippen molar-refractivity contribution in [3.8, 4) is 0 Å². The zero-order chi connectivity index (χ0) is 18.9. The molecule has 5 nitrogen and oxygen atoms in total. The smallest absolute Gasteiger partial charge is 0.271 e. The van der Waals surface area contributed by atoms with Gasteiger partial charge in [0.05, 0.1) is 17.2 Å². The Morgan fingerprint density at radius 1 is 0.893 bits per heavy atom. The Balaban J connectivity index is 1.30. The maximum atomic E-state index is 12.4. The normalized spacial score (nSPS) is 11.3. The molecule has 0 unspecified atom stereocenters. The molecule has 2 aromatic heterocycles. The van der Waals surface area contributed by atoms with Crippen LogP contribution in [0.4, 0.5) is 0 Å².